The number of nitrogens with zero attached hydrogens (tertiary/aromatic N) is 1. The van der Waals surface area contributed by atoms with Gasteiger partial charge in [-0.05, 0) is 25.9 Å². The Bertz CT molecular complexity index is 361. The lowest BCUT2D eigenvalue weighted by molar-refractivity contribution is -0.260. The standard InChI is InChI=1S/C13H21NO7/c15-11(16)13(12(17)18,3-6-14-4-1-2-5-14)21-10-9-19-7-8-20-10/h10H,1-9H2,(H,15,16)(H,17,18). The molecule has 2 aliphatic heterocycles. The number of rotatable bonds is 7. The number of likely N-dealkylation sites (tertiary alicyclic amines) is 1. The van der Waals surface area contributed by atoms with Crippen LogP contribution in [0.4, 0.5) is 0 Å². The maximum Gasteiger partial charge on any atom is 0.348 e. The van der Waals surface area contributed by atoms with E-state index in [1.807, 2.05) is 4.90 Å². The van der Waals surface area contributed by atoms with E-state index in [0.717, 1.165) is 25.9 Å². The molecule has 2 rings (SSSR count). The first-order chi connectivity index (χ1) is 10.0. The molecule has 0 aromatic heterocycles. The molecule has 8 nitrogen and oxygen atoms in total. The van der Waals surface area contributed by atoms with Crippen LogP contribution in [0.2, 0.25) is 0 Å². The van der Waals surface area contributed by atoms with E-state index in [9.17, 15) is 19.8 Å². The first-order valence-electron chi connectivity index (χ1n) is 7.11. The first kappa shape index (κ1) is 16.2. The van der Waals surface area contributed by atoms with Crippen molar-refractivity contribution in [3.8, 4) is 0 Å². The Labute approximate surface area is 122 Å². The van der Waals surface area contributed by atoms with Crippen LogP contribution in [0.15, 0.2) is 0 Å². The summed E-state index contributed by atoms with van der Waals surface area (Å²) in [6.07, 6.45) is 1.00. The van der Waals surface area contributed by atoms with Gasteiger partial charge in [0.15, 0.2) is 6.29 Å². The summed E-state index contributed by atoms with van der Waals surface area (Å²) in [5, 5.41) is 18.8. The second-order valence-electron chi connectivity index (χ2n) is 5.23. The number of hydrogen-bond donors (Lipinski definition) is 2. The third kappa shape index (κ3) is 3.91. The fourth-order valence-electron chi connectivity index (χ4n) is 2.55. The maximum atomic E-state index is 11.5. The minimum atomic E-state index is -2.30. The monoisotopic (exact) mass is 303 g/mol. The average Bonchev–Trinajstić information content (AvgIpc) is 2.97. The van der Waals surface area contributed by atoms with Crippen LogP contribution in [0.1, 0.15) is 19.3 Å². The van der Waals surface area contributed by atoms with E-state index < -0.39 is 23.8 Å². The van der Waals surface area contributed by atoms with E-state index in [1.54, 1.807) is 0 Å². The Morgan fingerprint density at radius 3 is 2.38 bits per heavy atom. The predicted molar refractivity (Wildman–Crippen MR) is 69.9 cm³/mol. The lowest BCUT2D eigenvalue weighted by Crippen LogP contribution is -2.54. The van der Waals surface area contributed by atoms with Crippen molar-refractivity contribution in [1.29, 1.82) is 0 Å². The van der Waals surface area contributed by atoms with Gasteiger partial charge < -0.3 is 29.3 Å². The largest absolute Gasteiger partial charge is 0.479 e. The van der Waals surface area contributed by atoms with Crippen molar-refractivity contribution in [1.82, 2.24) is 4.90 Å². The van der Waals surface area contributed by atoms with Crippen molar-refractivity contribution < 1.29 is 34.0 Å². The Kier molecular flexibility index (Phi) is 5.51. The molecule has 2 N–H and O–H groups in total. The Balaban J connectivity index is 2.03. The molecule has 8 heteroatoms. The lowest BCUT2D eigenvalue weighted by Gasteiger charge is -2.32. The minimum Gasteiger partial charge on any atom is -0.479 e. The number of carboxylic acids is 2. The molecule has 0 spiro atoms. The van der Waals surface area contributed by atoms with Crippen molar-refractivity contribution >= 4 is 11.9 Å². The highest BCUT2D eigenvalue weighted by atomic mass is 16.7. The summed E-state index contributed by atoms with van der Waals surface area (Å²) >= 11 is 0. The molecule has 2 fully saturated rings. The molecule has 120 valence electrons. The van der Waals surface area contributed by atoms with Gasteiger partial charge in [-0.2, -0.15) is 0 Å². The third-order valence-corrected chi connectivity index (χ3v) is 3.79. The van der Waals surface area contributed by atoms with Crippen LogP contribution < -0.4 is 0 Å². The second kappa shape index (κ2) is 7.17. The van der Waals surface area contributed by atoms with Crippen molar-refractivity contribution in [2.45, 2.75) is 31.2 Å². The zero-order valence-electron chi connectivity index (χ0n) is 11.8. The summed E-state index contributed by atoms with van der Waals surface area (Å²) in [5.74, 6) is -3.02. The fraction of sp³-hybridized carbons (Fsp3) is 0.846. The molecule has 1 atom stereocenters. The summed E-state index contributed by atoms with van der Waals surface area (Å²) in [6.45, 7) is 2.77. The molecule has 21 heavy (non-hydrogen) atoms. The molecular formula is C13H21NO7. The zero-order chi connectivity index (χ0) is 15.3. The van der Waals surface area contributed by atoms with E-state index in [0.29, 0.717) is 13.2 Å². The molecule has 0 bridgehead atoms. The highest BCUT2D eigenvalue weighted by molar-refractivity contribution is 6.01. The van der Waals surface area contributed by atoms with Crippen LogP contribution >= 0.6 is 0 Å². The molecule has 2 heterocycles. The van der Waals surface area contributed by atoms with Crippen molar-refractivity contribution in [3.63, 3.8) is 0 Å². The maximum absolute atomic E-state index is 11.5. The molecular weight excluding hydrogens is 282 g/mol. The number of carbonyl (C=O) groups is 2. The van der Waals surface area contributed by atoms with Gasteiger partial charge in [0.1, 0.15) is 0 Å². The van der Waals surface area contributed by atoms with E-state index in [4.69, 9.17) is 14.2 Å². The van der Waals surface area contributed by atoms with Crippen LogP contribution in [0.25, 0.3) is 0 Å². The quantitative estimate of drug-likeness (QED) is 0.621. The van der Waals surface area contributed by atoms with Gasteiger partial charge in [0, 0.05) is 13.0 Å². The molecule has 0 aliphatic carbocycles. The van der Waals surface area contributed by atoms with Gasteiger partial charge in [-0.3, -0.25) is 0 Å². The number of carboxylic acid groups (broad SMARTS) is 2. The SMILES string of the molecule is O=C(O)C(CCN1CCCC1)(OC1COCCO1)C(=O)O. The predicted octanol–water partition coefficient (Wildman–Crippen LogP) is -0.230. The lowest BCUT2D eigenvalue weighted by atomic mass is 9.99. The van der Waals surface area contributed by atoms with Crippen LogP contribution in [-0.4, -0.2) is 78.4 Å². The second-order valence-corrected chi connectivity index (χ2v) is 5.23. The summed E-state index contributed by atoms with van der Waals surface area (Å²) in [6, 6.07) is 0. The molecule has 0 aromatic rings. The summed E-state index contributed by atoms with van der Waals surface area (Å²) in [5.41, 5.74) is -2.30. The van der Waals surface area contributed by atoms with Gasteiger partial charge in [0.2, 0.25) is 0 Å². The molecule has 2 saturated heterocycles. The number of aliphatic carboxylic acids is 2. The van der Waals surface area contributed by atoms with Crippen LogP contribution in [-0.2, 0) is 23.8 Å². The molecule has 0 radical (unpaired) electrons. The van der Waals surface area contributed by atoms with E-state index in [1.165, 1.54) is 0 Å². The Morgan fingerprint density at radius 2 is 1.86 bits per heavy atom. The molecule has 0 saturated carbocycles. The summed E-state index contributed by atoms with van der Waals surface area (Å²) < 4.78 is 15.6. The van der Waals surface area contributed by atoms with Gasteiger partial charge in [-0.25, -0.2) is 9.59 Å². The van der Waals surface area contributed by atoms with Gasteiger partial charge in [-0.1, -0.05) is 0 Å². The first-order valence-corrected chi connectivity index (χ1v) is 7.11. The highest BCUT2D eigenvalue weighted by Crippen LogP contribution is 2.23. The van der Waals surface area contributed by atoms with Gasteiger partial charge in [-0.15, -0.1) is 0 Å². The average molecular weight is 303 g/mol. The third-order valence-electron chi connectivity index (χ3n) is 3.79. The van der Waals surface area contributed by atoms with Crippen molar-refractivity contribution in [2.75, 3.05) is 39.5 Å². The van der Waals surface area contributed by atoms with E-state index >= 15 is 0 Å². The number of hydrogen-bond acceptors (Lipinski definition) is 6. The Morgan fingerprint density at radius 1 is 1.19 bits per heavy atom. The van der Waals surface area contributed by atoms with Crippen LogP contribution in [0.3, 0.4) is 0 Å². The number of ether oxygens (including phenoxy) is 3. The topological polar surface area (TPSA) is 106 Å². The van der Waals surface area contributed by atoms with Gasteiger partial charge in [0.05, 0.1) is 19.8 Å². The van der Waals surface area contributed by atoms with Gasteiger partial charge in [0.25, 0.3) is 5.60 Å². The van der Waals surface area contributed by atoms with E-state index in [-0.39, 0.29) is 19.6 Å². The molecule has 0 amide bonds. The molecule has 1 unspecified atom stereocenters. The Hall–Kier alpha value is -1.22. The van der Waals surface area contributed by atoms with Gasteiger partial charge >= 0.3 is 11.9 Å². The van der Waals surface area contributed by atoms with E-state index in [2.05, 4.69) is 0 Å². The molecule has 0 aromatic carbocycles. The normalized spacial score (nSPS) is 24.1. The van der Waals surface area contributed by atoms with Crippen LogP contribution in [0.5, 0.6) is 0 Å². The smallest absolute Gasteiger partial charge is 0.348 e. The minimum absolute atomic E-state index is 0.0338. The fourth-order valence-corrected chi connectivity index (χ4v) is 2.55. The zero-order valence-corrected chi connectivity index (χ0v) is 11.8. The van der Waals surface area contributed by atoms with Crippen molar-refractivity contribution in [2.24, 2.45) is 0 Å². The molecule has 2 aliphatic rings. The highest BCUT2D eigenvalue weighted by Gasteiger charge is 2.50. The van der Waals surface area contributed by atoms with Crippen LogP contribution in [0, 0.1) is 0 Å². The summed E-state index contributed by atoms with van der Waals surface area (Å²) in [4.78, 5) is 25.1. The van der Waals surface area contributed by atoms with Crippen molar-refractivity contribution in [3.05, 3.63) is 0 Å². The summed E-state index contributed by atoms with van der Waals surface area (Å²) in [7, 11) is 0.